The first-order valence-electron chi connectivity index (χ1n) is 5.65. The molecule has 0 bridgehead atoms. The summed E-state index contributed by atoms with van der Waals surface area (Å²) in [6.45, 7) is 0.752. The lowest BCUT2D eigenvalue weighted by atomic mass is 10.2. The zero-order valence-corrected chi connectivity index (χ0v) is 10.4. The van der Waals surface area contributed by atoms with Crippen molar-refractivity contribution in [3.05, 3.63) is 52.3 Å². The molecule has 0 aliphatic rings. The SMILES string of the molecule is N#Cc1ccc(CNc2ccc3[nH]ccc3c2)s1. The Morgan fingerprint density at radius 2 is 2.17 bits per heavy atom. The molecule has 0 saturated heterocycles. The molecule has 2 aromatic heterocycles. The molecule has 0 amide bonds. The van der Waals surface area contributed by atoms with Gasteiger partial charge in [0, 0.05) is 34.2 Å². The average molecular weight is 253 g/mol. The minimum atomic E-state index is 0.752. The Labute approximate surface area is 109 Å². The van der Waals surface area contributed by atoms with Gasteiger partial charge >= 0.3 is 0 Å². The van der Waals surface area contributed by atoms with Gasteiger partial charge in [-0.15, -0.1) is 11.3 Å². The summed E-state index contributed by atoms with van der Waals surface area (Å²) in [5.74, 6) is 0. The number of fused-ring (bicyclic) bond motifs is 1. The van der Waals surface area contributed by atoms with Crippen LogP contribution in [0.2, 0.25) is 0 Å². The van der Waals surface area contributed by atoms with Gasteiger partial charge in [-0.3, -0.25) is 0 Å². The van der Waals surface area contributed by atoms with Crippen molar-refractivity contribution >= 4 is 27.9 Å². The average Bonchev–Trinajstić information content (AvgIpc) is 3.04. The highest BCUT2D eigenvalue weighted by Crippen LogP contribution is 2.20. The van der Waals surface area contributed by atoms with Crippen LogP contribution in [0.15, 0.2) is 42.6 Å². The van der Waals surface area contributed by atoms with Crippen LogP contribution in [-0.2, 0) is 6.54 Å². The fourth-order valence-electron chi connectivity index (χ4n) is 1.89. The summed E-state index contributed by atoms with van der Waals surface area (Å²) in [4.78, 5) is 5.09. The normalized spacial score (nSPS) is 10.4. The third-order valence-corrected chi connectivity index (χ3v) is 3.78. The number of benzene rings is 1. The van der Waals surface area contributed by atoms with E-state index in [4.69, 9.17) is 5.26 Å². The van der Waals surface area contributed by atoms with Crippen LogP contribution in [0.5, 0.6) is 0 Å². The Morgan fingerprint density at radius 3 is 3.00 bits per heavy atom. The maximum absolute atomic E-state index is 8.77. The molecule has 0 unspecified atom stereocenters. The second kappa shape index (κ2) is 4.55. The van der Waals surface area contributed by atoms with E-state index in [9.17, 15) is 0 Å². The summed E-state index contributed by atoms with van der Waals surface area (Å²) < 4.78 is 0. The van der Waals surface area contributed by atoms with Crippen LogP contribution in [0.3, 0.4) is 0 Å². The molecule has 0 radical (unpaired) electrons. The maximum Gasteiger partial charge on any atom is 0.110 e. The minimum absolute atomic E-state index is 0.752. The topological polar surface area (TPSA) is 51.6 Å². The van der Waals surface area contributed by atoms with E-state index in [1.54, 1.807) is 0 Å². The predicted octanol–water partition coefficient (Wildman–Crippen LogP) is 3.71. The van der Waals surface area contributed by atoms with Crippen molar-refractivity contribution in [2.45, 2.75) is 6.54 Å². The number of aromatic nitrogens is 1. The molecule has 1 aromatic carbocycles. The van der Waals surface area contributed by atoms with Crippen LogP contribution in [0.25, 0.3) is 10.9 Å². The van der Waals surface area contributed by atoms with Gasteiger partial charge in [-0.05, 0) is 36.4 Å². The van der Waals surface area contributed by atoms with Crippen LogP contribution in [0, 0.1) is 11.3 Å². The number of nitrogens with one attached hydrogen (secondary N) is 2. The molecule has 3 nitrogen and oxygen atoms in total. The lowest BCUT2D eigenvalue weighted by Crippen LogP contribution is -1.96. The lowest BCUT2D eigenvalue weighted by molar-refractivity contribution is 1.20. The molecule has 0 atom stereocenters. The van der Waals surface area contributed by atoms with Gasteiger partial charge in [-0.1, -0.05) is 0 Å². The van der Waals surface area contributed by atoms with Crippen molar-refractivity contribution < 1.29 is 0 Å². The zero-order chi connectivity index (χ0) is 12.4. The number of anilines is 1. The Balaban J connectivity index is 1.74. The van der Waals surface area contributed by atoms with Crippen molar-refractivity contribution in [2.24, 2.45) is 0 Å². The number of H-pyrrole nitrogens is 1. The smallest absolute Gasteiger partial charge is 0.110 e. The Morgan fingerprint density at radius 1 is 1.22 bits per heavy atom. The lowest BCUT2D eigenvalue weighted by Gasteiger charge is -2.04. The van der Waals surface area contributed by atoms with Crippen LogP contribution in [0.1, 0.15) is 9.75 Å². The van der Waals surface area contributed by atoms with Gasteiger partial charge in [0.1, 0.15) is 10.9 Å². The number of thiophene rings is 1. The summed E-state index contributed by atoms with van der Waals surface area (Å²) in [7, 11) is 0. The van der Waals surface area contributed by atoms with Crippen LogP contribution < -0.4 is 5.32 Å². The second-order valence-electron chi connectivity index (χ2n) is 4.01. The monoisotopic (exact) mass is 253 g/mol. The van der Waals surface area contributed by atoms with Crippen molar-refractivity contribution in [3.8, 4) is 6.07 Å². The van der Waals surface area contributed by atoms with E-state index in [-0.39, 0.29) is 0 Å². The van der Waals surface area contributed by atoms with Crippen molar-refractivity contribution in [2.75, 3.05) is 5.32 Å². The van der Waals surface area contributed by atoms with Gasteiger partial charge in [0.2, 0.25) is 0 Å². The molecular formula is C14H11N3S. The van der Waals surface area contributed by atoms with Crippen LogP contribution in [-0.4, -0.2) is 4.98 Å². The molecule has 0 aliphatic heterocycles. The third kappa shape index (κ3) is 2.08. The summed E-state index contributed by atoms with van der Waals surface area (Å²) in [5, 5.41) is 13.3. The van der Waals surface area contributed by atoms with E-state index in [2.05, 4.69) is 40.6 Å². The van der Waals surface area contributed by atoms with E-state index in [1.807, 2.05) is 18.3 Å². The fraction of sp³-hybridized carbons (Fsp3) is 0.0714. The van der Waals surface area contributed by atoms with Crippen molar-refractivity contribution in [1.82, 2.24) is 4.98 Å². The molecule has 88 valence electrons. The Kier molecular flexibility index (Phi) is 2.75. The quantitative estimate of drug-likeness (QED) is 0.747. The molecule has 0 saturated carbocycles. The number of rotatable bonds is 3. The molecule has 0 spiro atoms. The number of nitriles is 1. The maximum atomic E-state index is 8.77. The van der Waals surface area contributed by atoms with Gasteiger partial charge in [0.05, 0.1) is 0 Å². The molecule has 18 heavy (non-hydrogen) atoms. The van der Waals surface area contributed by atoms with Crippen molar-refractivity contribution in [3.63, 3.8) is 0 Å². The van der Waals surface area contributed by atoms with Crippen LogP contribution in [0.4, 0.5) is 5.69 Å². The van der Waals surface area contributed by atoms with E-state index in [0.717, 1.165) is 22.6 Å². The highest BCUT2D eigenvalue weighted by atomic mass is 32.1. The highest BCUT2D eigenvalue weighted by Gasteiger charge is 2.00. The van der Waals surface area contributed by atoms with Gasteiger partial charge in [0.25, 0.3) is 0 Å². The zero-order valence-electron chi connectivity index (χ0n) is 9.60. The summed E-state index contributed by atoms with van der Waals surface area (Å²) >= 11 is 1.53. The number of hydrogen-bond donors (Lipinski definition) is 2. The van der Waals surface area contributed by atoms with E-state index in [0.29, 0.717) is 0 Å². The molecule has 0 fully saturated rings. The van der Waals surface area contributed by atoms with Gasteiger partial charge in [-0.25, -0.2) is 0 Å². The van der Waals surface area contributed by atoms with Crippen LogP contribution >= 0.6 is 11.3 Å². The molecular weight excluding hydrogens is 242 g/mol. The first-order chi connectivity index (χ1) is 8.85. The van der Waals surface area contributed by atoms with Crippen molar-refractivity contribution in [1.29, 1.82) is 5.26 Å². The summed E-state index contributed by atoms with van der Waals surface area (Å²) in [6, 6.07) is 14.3. The van der Waals surface area contributed by atoms with E-state index in [1.165, 1.54) is 21.6 Å². The van der Waals surface area contributed by atoms with Gasteiger partial charge < -0.3 is 10.3 Å². The molecule has 0 aliphatic carbocycles. The number of aromatic amines is 1. The summed E-state index contributed by atoms with van der Waals surface area (Å²) in [6.07, 6.45) is 1.94. The molecule has 3 rings (SSSR count). The molecule has 2 N–H and O–H groups in total. The fourth-order valence-corrected chi connectivity index (χ4v) is 2.63. The first kappa shape index (κ1) is 10.9. The Hall–Kier alpha value is -2.25. The standard InChI is InChI=1S/C14H11N3S/c15-8-12-2-3-13(18-12)9-17-11-1-4-14-10(7-11)5-6-16-14/h1-7,16-17H,9H2. The summed E-state index contributed by atoms with van der Waals surface area (Å²) in [5.41, 5.74) is 2.23. The van der Waals surface area contributed by atoms with Gasteiger partial charge in [-0.2, -0.15) is 5.26 Å². The second-order valence-corrected chi connectivity index (χ2v) is 5.18. The minimum Gasteiger partial charge on any atom is -0.380 e. The molecule has 4 heteroatoms. The number of hydrogen-bond acceptors (Lipinski definition) is 3. The number of nitrogens with zero attached hydrogens (tertiary/aromatic N) is 1. The van der Waals surface area contributed by atoms with E-state index < -0.39 is 0 Å². The van der Waals surface area contributed by atoms with Gasteiger partial charge in [0.15, 0.2) is 0 Å². The molecule has 2 heterocycles. The first-order valence-corrected chi connectivity index (χ1v) is 6.46. The highest BCUT2D eigenvalue weighted by molar-refractivity contribution is 7.12. The molecule has 3 aromatic rings. The Bertz CT molecular complexity index is 718. The largest absolute Gasteiger partial charge is 0.380 e. The third-order valence-electron chi connectivity index (χ3n) is 2.79. The van der Waals surface area contributed by atoms with E-state index >= 15 is 0 Å². The predicted molar refractivity (Wildman–Crippen MR) is 74.7 cm³/mol.